The molecule has 0 aliphatic carbocycles. The molecule has 0 fully saturated rings. The third-order valence-electron chi connectivity index (χ3n) is 2.97. The van der Waals surface area contributed by atoms with E-state index in [0.29, 0.717) is 5.92 Å². The average Bonchev–Trinajstić information content (AvgIpc) is 2.28. The molecule has 0 aliphatic rings. The molecule has 0 amide bonds. The highest BCUT2D eigenvalue weighted by molar-refractivity contribution is 5.82. The van der Waals surface area contributed by atoms with Crippen LogP contribution in [0.1, 0.15) is 25.5 Å². The van der Waals surface area contributed by atoms with Crippen molar-refractivity contribution >= 4 is 16.6 Å². The van der Waals surface area contributed by atoms with Gasteiger partial charge in [-0.2, -0.15) is 0 Å². The van der Waals surface area contributed by atoms with Crippen molar-refractivity contribution in [3.05, 3.63) is 40.2 Å². The summed E-state index contributed by atoms with van der Waals surface area (Å²) in [7, 11) is 3.94. The van der Waals surface area contributed by atoms with E-state index in [2.05, 4.69) is 18.8 Å². The lowest BCUT2D eigenvalue weighted by atomic mass is 10.1. The summed E-state index contributed by atoms with van der Waals surface area (Å²) in [6.07, 6.45) is 0. The van der Waals surface area contributed by atoms with Crippen LogP contribution in [0.5, 0.6) is 0 Å². The minimum absolute atomic E-state index is 0.0890. The van der Waals surface area contributed by atoms with Gasteiger partial charge in [-0.1, -0.05) is 13.8 Å². The van der Waals surface area contributed by atoms with Gasteiger partial charge in [-0.15, -0.1) is 0 Å². The van der Waals surface area contributed by atoms with Gasteiger partial charge in [0, 0.05) is 42.4 Å². The Morgan fingerprint density at radius 3 is 2.47 bits per heavy atom. The highest BCUT2D eigenvalue weighted by atomic mass is 16.1. The van der Waals surface area contributed by atoms with Gasteiger partial charge in [-0.25, -0.2) is 0 Å². The molecule has 0 unspecified atom stereocenters. The molecule has 0 aliphatic heterocycles. The first kappa shape index (κ1) is 11.7. The molecule has 0 bridgehead atoms. The summed E-state index contributed by atoms with van der Waals surface area (Å²) in [6, 6.07) is 7.62. The third kappa shape index (κ3) is 2.18. The number of anilines is 1. The van der Waals surface area contributed by atoms with Crippen LogP contribution in [0.15, 0.2) is 29.1 Å². The SMILES string of the molecule is CC(C)c1cc(=O)c2cc(N(C)C)ccc2[nH]1. The highest BCUT2D eigenvalue weighted by Gasteiger charge is 2.06. The zero-order valence-electron chi connectivity index (χ0n) is 10.7. The van der Waals surface area contributed by atoms with E-state index >= 15 is 0 Å². The number of nitrogens with one attached hydrogen (secondary N) is 1. The Morgan fingerprint density at radius 1 is 1.18 bits per heavy atom. The molecular formula is C14H18N2O. The fraction of sp³-hybridized carbons (Fsp3) is 0.357. The molecule has 0 spiro atoms. The maximum atomic E-state index is 12.0. The van der Waals surface area contributed by atoms with Gasteiger partial charge >= 0.3 is 0 Å². The molecule has 1 heterocycles. The lowest BCUT2D eigenvalue weighted by Crippen LogP contribution is -2.11. The van der Waals surface area contributed by atoms with Crippen molar-refractivity contribution in [2.45, 2.75) is 19.8 Å². The molecule has 0 atom stereocenters. The lowest BCUT2D eigenvalue weighted by molar-refractivity contribution is 0.828. The first-order chi connectivity index (χ1) is 7.99. The molecule has 0 saturated carbocycles. The fourth-order valence-corrected chi connectivity index (χ4v) is 1.84. The molecule has 17 heavy (non-hydrogen) atoms. The number of benzene rings is 1. The van der Waals surface area contributed by atoms with Crippen LogP contribution < -0.4 is 10.3 Å². The molecule has 0 saturated heterocycles. The molecule has 3 nitrogen and oxygen atoms in total. The Bertz CT molecular complexity index is 597. The largest absolute Gasteiger partial charge is 0.378 e. The predicted molar refractivity (Wildman–Crippen MR) is 73.0 cm³/mol. The van der Waals surface area contributed by atoms with Crippen LogP contribution in [0.4, 0.5) is 5.69 Å². The number of nitrogens with zero attached hydrogens (tertiary/aromatic N) is 1. The van der Waals surface area contributed by atoms with Crippen LogP contribution in [0.2, 0.25) is 0 Å². The zero-order chi connectivity index (χ0) is 12.6. The average molecular weight is 230 g/mol. The summed E-state index contributed by atoms with van der Waals surface area (Å²) in [6.45, 7) is 4.15. The molecule has 0 radical (unpaired) electrons. The van der Waals surface area contributed by atoms with Crippen LogP contribution in [-0.2, 0) is 0 Å². The summed E-state index contributed by atoms with van der Waals surface area (Å²) in [5.74, 6) is 0.334. The van der Waals surface area contributed by atoms with Crippen LogP contribution in [0.25, 0.3) is 10.9 Å². The van der Waals surface area contributed by atoms with Gasteiger partial charge in [0.15, 0.2) is 5.43 Å². The molecule has 2 rings (SSSR count). The van der Waals surface area contributed by atoms with Gasteiger partial charge in [0.1, 0.15) is 0 Å². The van der Waals surface area contributed by atoms with Gasteiger partial charge in [-0.3, -0.25) is 4.79 Å². The third-order valence-corrected chi connectivity index (χ3v) is 2.97. The van der Waals surface area contributed by atoms with Crippen LogP contribution >= 0.6 is 0 Å². The Morgan fingerprint density at radius 2 is 1.88 bits per heavy atom. The van der Waals surface area contributed by atoms with E-state index in [0.717, 1.165) is 22.3 Å². The topological polar surface area (TPSA) is 36.1 Å². The predicted octanol–water partition coefficient (Wildman–Crippen LogP) is 2.72. The minimum atomic E-state index is 0.0890. The second kappa shape index (κ2) is 4.24. The van der Waals surface area contributed by atoms with Gasteiger partial charge < -0.3 is 9.88 Å². The molecule has 2 aromatic rings. The van der Waals surface area contributed by atoms with Gasteiger partial charge in [0.2, 0.25) is 0 Å². The van der Waals surface area contributed by atoms with Gasteiger partial charge in [0.05, 0.1) is 0 Å². The first-order valence-corrected chi connectivity index (χ1v) is 5.83. The second-order valence-corrected chi connectivity index (χ2v) is 4.87. The molecule has 1 aromatic carbocycles. The molecule has 90 valence electrons. The summed E-state index contributed by atoms with van der Waals surface area (Å²) in [4.78, 5) is 17.4. The highest BCUT2D eigenvalue weighted by Crippen LogP contribution is 2.19. The van der Waals surface area contributed by atoms with Crippen molar-refractivity contribution in [2.24, 2.45) is 0 Å². The standard InChI is InChI=1S/C14H18N2O/c1-9(2)13-8-14(17)11-7-10(16(3)4)5-6-12(11)15-13/h5-9H,1-4H3,(H,15,17). The number of hydrogen-bond donors (Lipinski definition) is 1. The number of rotatable bonds is 2. The van der Waals surface area contributed by atoms with Crippen molar-refractivity contribution in [3.63, 3.8) is 0 Å². The second-order valence-electron chi connectivity index (χ2n) is 4.87. The summed E-state index contributed by atoms with van der Waals surface area (Å²) in [5, 5.41) is 0.751. The number of aromatic amines is 1. The van der Waals surface area contributed by atoms with Crippen molar-refractivity contribution in [2.75, 3.05) is 19.0 Å². The van der Waals surface area contributed by atoms with E-state index < -0.39 is 0 Å². The number of aromatic nitrogens is 1. The number of fused-ring (bicyclic) bond motifs is 1. The number of hydrogen-bond acceptors (Lipinski definition) is 2. The molecule has 1 N–H and O–H groups in total. The lowest BCUT2D eigenvalue weighted by Gasteiger charge is -2.13. The van der Waals surface area contributed by atoms with Crippen LogP contribution in [-0.4, -0.2) is 19.1 Å². The van der Waals surface area contributed by atoms with Crippen molar-refractivity contribution in [3.8, 4) is 0 Å². The monoisotopic (exact) mass is 230 g/mol. The Kier molecular flexibility index (Phi) is 2.92. The Balaban J connectivity index is 2.69. The van der Waals surface area contributed by atoms with Crippen LogP contribution in [0.3, 0.4) is 0 Å². The molecular weight excluding hydrogens is 212 g/mol. The Hall–Kier alpha value is -1.77. The van der Waals surface area contributed by atoms with Gasteiger partial charge in [0.25, 0.3) is 0 Å². The van der Waals surface area contributed by atoms with E-state index in [-0.39, 0.29) is 5.43 Å². The first-order valence-electron chi connectivity index (χ1n) is 5.83. The smallest absolute Gasteiger partial charge is 0.189 e. The quantitative estimate of drug-likeness (QED) is 0.861. The molecule has 3 heteroatoms. The van der Waals surface area contributed by atoms with E-state index in [1.54, 1.807) is 6.07 Å². The normalized spacial score (nSPS) is 11.1. The van der Waals surface area contributed by atoms with Gasteiger partial charge in [-0.05, 0) is 24.1 Å². The van der Waals surface area contributed by atoms with Crippen molar-refractivity contribution in [1.29, 1.82) is 0 Å². The van der Waals surface area contributed by atoms with Crippen molar-refractivity contribution in [1.82, 2.24) is 4.98 Å². The Labute approximate surface area is 101 Å². The maximum Gasteiger partial charge on any atom is 0.189 e. The minimum Gasteiger partial charge on any atom is -0.378 e. The summed E-state index contributed by atoms with van der Waals surface area (Å²) >= 11 is 0. The fourth-order valence-electron chi connectivity index (χ4n) is 1.84. The van der Waals surface area contributed by atoms with Crippen LogP contribution in [0, 0.1) is 0 Å². The summed E-state index contributed by atoms with van der Waals surface area (Å²) < 4.78 is 0. The van der Waals surface area contributed by atoms with E-state index in [1.807, 2.05) is 37.2 Å². The van der Waals surface area contributed by atoms with E-state index in [1.165, 1.54) is 0 Å². The number of pyridine rings is 1. The maximum absolute atomic E-state index is 12.0. The number of H-pyrrole nitrogens is 1. The molecule has 1 aromatic heterocycles. The van der Waals surface area contributed by atoms with E-state index in [9.17, 15) is 4.79 Å². The zero-order valence-corrected chi connectivity index (χ0v) is 10.7. The van der Waals surface area contributed by atoms with Crippen molar-refractivity contribution < 1.29 is 0 Å². The van der Waals surface area contributed by atoms with E-state index in [4.69, 9.17) is 0 Å². The summed E-state index contributed by atoms with van der Waals surface area (Å²) in [5.41, 5.74) is 3.03.